The first kappa shape index (κ1) is 28.0. The Morgan fingerprint density at radius 1 is 1.00 bits per heavy atom. The highest BCUT2D eigenvalue weighted by molar-refractivity contribution is 6.35. The number of aromatic nitrogens is 1. The fourth-order valence-electron chi connectivity index (χ4n) is 5.34. The molecule has 10 nitrogen and oxygen atoms in total. The molecular formula is C34H27ClN10. The van der Waals surface area contributed by atoms with Crippen molar-refractivity contribution >= 4 is 33.9 Å². The zero-order valence-electron chi connectivity index (χ0n) is 25.0. The number of nitrogens with one attached hydrogen (secondary N) is 4. The van der Waals surface area contributed by atoms with Gasteiger partial charge in [0.15, 0.2) is 0 Å². The summed E-state index contributed by atoms with van der Waals surface area (Å²) in [6.45, 7) is 0. The highest BCUT2D eigenvalue weighted by Crippen LogP contribution is 2.42. The second kappa shape index (κ2) is 12.4. The molecule has 3 aromatic carbocycles. The Hall–Kier alpha value is -5.78. The van der Waals surface area contributed by atoms with E-state index in [0.717, 1.165) is 5.56 Å². The fraction of sp³-hybridized carbons (Fsp3) is 0.206. The van der Waals surface area contributed by atoms with Gasteiger partial charge in [0.05, 0.1) is 64.7 Å². The largest absolute Gasteiger partial charge is 0.377 e. The summed E-state index contributed by atoms with van der Waals surface area (Å²) >= 11 is 6.81. The lowest BCUT2D eigenvalue weighted by molar-refractivity contribution is 0.217. The van der Waals surface area contributed by atoms with Crippen molar-refractivity contribution < 1.29 is 1.37 Å². The van der Waals surface area contributed by atoms with Gasteiger partial charge in [-0.05, 0) is 54.7 Å². The average molecular weight is 612 g/mol. The van der Waals surface area contributed by atoms with Gasteiger partial charge in [0, 0.05) is 29.9 Å². The number of fused-ring (bicyclic) bond motifs is 1. The molecule has 0 bridgehead atoms. The third-order valence-electron chi connectivity index (χ3n) is 7.89. The highest BCUT2D eigenvalue weighted by atomic mass is 35.5. The molecule has 45 heavy (non-hydrogen) atoms. The van der Waals surface area contributed by atoms with E-state index in [-0.39, 0.29) is 6.04 Å². The molecule has 1 fully saturated rings. The maximum atomic E-state index is 10.1. The van der Waals surface area contributed by atoms with Crippen LogP contribution < -0.4 is 21.6 Å². The quantitative estimate of drug-likeness (QED) is 0.157. The lowest BCUT2D eigenvalue weighted by atomic mass is 9.99. The third-order valence-corrected chi connectivity index (χ3v) is 8.18. The molecule has 1 saturated carbocycles. The molecule has 2 heterocycles. The van der Waals surface area contributed by atoms with Crippen molar-refractivity contribution in [1.82, 2.24) is 21.0 Å². The molecule has 4 aromatic rings. The predicted octanol–water partition coefficient (Wildman–Crippen LogP) is 6.46. The smallest absolute Gasteiger partial charge is 0.143 e. The summed E-state index contributed by atoms with van der Waals surface area (Å²) in [5, 5.41) is 48.1. The van der Waals surface area contributed by atoms with E-state index in [1.165, 1.54) is 6.20 Å². The zero-order valence-corrected chi connectivity index (χ0v) is 24.7. The van der Waals surface area contributed by atoms with Crippen LogP contribution in [0.3, 0.4) is 0 Å². The van der Waals surface area contributed by atoms with Crippen molar-refractivity contribution in [3.63, 3.8) is 0 Å². The number of rotatable bonds is 10. The highest BCUT2D eigenvalue weighted by Gasteiger charge is 2.50. The van der Waals surface area contributed by atoms with Crippen LogP contribution in [-0.2, 0) is 0 Å². The van der Waals surface area contributed by atoms with Crippen molar-refractivity contribution in [1.29, 1.82) is 21.0 Å². The van der Waals surface area contributed by atoms with Crippen LogP contribution in [0.5, 0.6) is 0 Å². The van der Waals surface area contributed by atoms with Crippen LogP contribution in [0.15, 0.2) is 84.8 Å². The average Bonchev–Trinajstić information content (AvgIpc) is 3.72. The minimum Gasteiger partial charge on any atom is -0.377 e. The summed E-state index contributed by atoms with van der Waals surface area (Å²) in [6.07, 6.45) is 5.34. The van der Waals surface area contributed by atoms with Crippen LogP contribution in [0, 0.1) is 45.3 Å². The number of halogens is 1. The Bertz CT molecular complexity index is 2020. The second-order valence-corrected chi connectivity index (χ2v) is 11.2. The Balaban J connectivity index is 1.46. The first-order valence-corrected chi connectivity index (χ1v) is 14.7. The molecule has 2 atom stereocenters. The van der Waals surface area contributed by atoms with Crippen molar-refractivity contribution in [3.8, 4) is 24.3 Å². The van der Waals surface area contributed by atoms with Crippen LogP contribution in [-0.4, -0.2) is 15.5 Å². The molecule has 11 heteroatoms. The number of anilines is 2. The second-order valence-electron chi connectivity index (χ2n) is 10.8. The van der Waals surface area contributed by atoms with Crippen LogP contribution in [0.4, 0.5) is 11.4 Å². The molecule has 0 spiro atoms. The molecular weight excluding hydrogens is 584 g/mol. The lowest BCUT2D eigenvalue weighted by Gasteiger charge is -2.24. The normalized spacial score (nSPS) is 16.8. The van der Waals surface area contributed by atoms with E-state index in [9.17, 15) is 22.4 Å². The van der Waals surface area contributed by atoms with Gasteiger partial charge in [0.25, 0.3) is 0 Å². The molecule has 0 radical (unpaired) electrons. The van der Waals surface area contributed by atoms with Crippen molar-refractivity contribution in [2.24, 2.45) is 0 Å². The molecule has 0 amide bonds. The molecule has 0 unspecified atom stereocenters. The van der Waals surface area contributed by atoms with E-state index in [1.807, 2.05) is 30.3 Å². The van der Waals surface area contributed by atoms with Gasteiger partial charge in [0.2, 0.25) is 0 Å². The predicted molar refractivity (Wildman–Crippen MR) is 170 cm³/mol. The Kier molecular flexibility index (Phi) is 7.75. The SMILES string of the molecule is [2H][C@](Nc1cc(Cl)c2ncc(C#N)c(N[C@H](CCC#N)c3ccccc3)c2c1)(C1=CN(C2(C#N)CC2)NN1)c1cccc(C#N)c1. The van der Waals surface area contributed by atoms with E-state index in [4.69, 9.17) is 11.6 Å². The Morgan fingerprint density at radius 3 is 2.51 bits per heavy atom. The van der Waals surface area contributed by atoms with Gasteiger partial charge >= 0.3 is 0 Å². The summed E-state index contributed by atoms with van der Waals surface area (Å²) in [4.78, 5) is 4.48. The van der Waals surface area contributed by atoms with E-state index in [2.05, 4.69) is 50.9 Å². The van der Waals surface area contributed by atoms with Crippen molar-refractivity contribution in [2.75, 3.05) is 10.6 Å². The zero-order chi connectivity index (χ0) is 32.3. The van der Waals surface area contributed by atoms with Crippen molar-refractivity contribution in [3.05, 3.63) is 112 Å². The maximum absolute atomic E-state index is 10.1. The van der Waals surface area contributed by atoms with Gasteiger partial charge in [-0.25, -0.2) is 0 Å². The summed E-state index contributed by atoms with van der Waals surface area (Å²) < 4.78 is 9.79. The molecule has 2 aliphatic rings. The molecule has 1 aromatic heterocycles. The number of nitriles is 4. The minimum absolute atomic E-state index is 0.280. The van der Waals surface area contributed by atoms with Crippen molar-refractivity contribution in [2.45, 2.75) is 43.3 Å². The standard InChI is InChI=1S/C34H27ClN10/c35-28-16-26(41-32(24-9-4-6-22(14-24)17-37)30-20-45(44-43-30)34(21-39)11-12-34)15-27-31(25(18-38)19-40-33(27)28)42-29(10-5-13-36)23-7-2-1-3-8-23/h1-4,6-9,14-16,19-20,29,32,41,43-44H,5,10-12H2,(H,40,42)/t29-,32-/m1/s1/i32D. The summed E-state index contributed by atoms with van der Waals surface area (Å²) in [7, 11) is 0. The number of hydrogen-bond donors (Lipinski definition) is 4. The van der Waals surface area contributed by atoms with Gasteiger partial charge in [0.1, 0.15) is 11.6 Å². The topological polar surface area (TPSA) is 159 Å². The summed E-state index contributed by atoms with van der Waals surface area (Å²) in [5.74, 6) is 0. The van der Waals surface area contributed by atoms with Gasteiger partial charge in [-0.2, -0.15) is 21.0 Å². The van der Waals surface area contributed by atoms with Gasteiger partial charge in [-0.3, -0.25) is 9.99 Å². The van der Waals surface area contributed by atoms with E-state index < -0.39 is 11.6 Å². The van der Waals surface area contributed by atoms with E-state index in [1.54, 1.807) is 47.6 Å². The molecule has 1 aliphatic carbocycles. The first-order valence-electron chi connectivity index (χ1n) is 14.8. The maximum Gasteiger partial charge on any atom is 0.143 e. The van der Waals surface area contributed by atoms with E-state index >= 15 is 0 Å². The van der Waals surface area contributed by atoms with Crippen LogP contribution in [0.1, 0.15) is 61.4 Å². The fourth-order valence-corrected chi connectivity index (χ4v) is 5.61. The molecule has 4 N–H and O–H groups in total. The Morgan fingerprint density at radius 2 is 1.80 bits per heavy atom. The third kappa shape index (κ3) is 5.90. The van der Waals surface area contributed by atoms with Crippen LogP contribution >= 0.6 is 11.6 Å². The Labute approximate surface area is 267 Å². The monoisotopic (exact) mass is 611 g/mol. The number of nitrogens with zero attached hydrogens (tertiary/aromatic N) is 6. The van der Waals surface area contributed by atoms with E-state index in [0.29, 0.717) is 75.4 Å². The molecule has 6 rings (SSSR count). The molecule has 1 aliphatic heterocycles. The molecule has 220 valence electrons. The number of pyridine rings is 1. The number of benzene rings is 3. The minimum atomic E-state index is -1.68. The molecule has 0 saturated heterocycles. The van der Waals surface area contributed by atoms with Crippen LogP contribution in [0.2, 0.25) is 5.02 Å². The number of hydrazine groups is 2. The number of hydrogen-bond acceptors (Lipinski definition) is 10. The van der Waals surface area contributed by atoms with Gasteiger partial charge < -0.3 is 16.1 Å². The van der Waals surface area contributed by atoms with Crippen LogP contribution in [0.25, 0.3) is 10.9 Å². The van der Waals surface area contributed by atoms with Gasteiger partial charge in [-0.1, -0.05) is 54.1 Å². The summed E-state index contributed by atoms with van der Waals surface area (Å²) in [6, 6.07) is 26.8. The lowest BCUT2D eigenvalue weighted by Crippen LogP contribution is -2.44. The summed E-state index contributed by atoms with van der Waals surface area (Å²) in [5.41, 5.74) is 9.26. The van der Waals surface area contributed by atoms with Gasteiger partial charge in [-0.15, -0.1) is 5.53 Å². The first-order chi connectivity index (χ1) is 22.3.